The quantitative estimate of drug-likeness (QED) is 0.738. The lowest BCUT2D eigenvalue weighted by molar-refractivity contribution is -0.120. The van der Waals surface area contributed by atoms with Crippen LogP contribution in [0.25, 0.3) is 0 Å². The van der Waals surface area contributed by atoms with Gasteiger partial charge in [-0.3, -0.25) is 9.59 Å². The fraction of sp³-hybridized carbons (Fsp3) is 0.429. The summed E-state index contributed by atoms with van der Waals surface area (Å²) >= 11 is 5.78. The molecule has 0 aliphatic heterocycles. The number of benzene rings is 1. The van der Waals surface area contributed by atoms with Crippen molar-refractivity contribution in [3.05, 3.63) is 34.9 Å². The van der Waals surface area contributed by atoms with Gasteiger partial charge in [-0.2, -0.15) is 0 Å². The van der Waals surface area contributed by atoms with Crippen molar-refractivity contribution in [2.45, 2.75) is 13.8 Å². The highest BCUT2D eigenvalue weighted by atomic mass is 35.5. The molecule has 0 aromatic heterocycles. The molecule has 3 N–H and O–H groups in total. The molecule has 20 heavy (non-hydrogen) atoms. The van der Waals surface area contributed by atoms with Crippen LogP contribution in [-0.2, 0) is 4.79 Å². The van der Waals surface area contributed by atoms with E-state index in [4.69, 9.17) is 16.7 Å². The first kappa shape index (κ1) is 16.5. The maximum absolute atomic E-state index is 11.8. The maximum Gasteiger partial charge on any atom is 0.251 e. The monoisotopic (exact) mass is 298 g/mol. The molecule has 0 saturated heterocycles. The Hall–Kier alpha value is -1.59. The Morgan fingerprint density at radius 1 is 1.30 bits per heavy atom. The van der Waals surface area contributed by atoms with Crippen molar-refractivity contribution in [1.82, 2.24) is 10.6 Å². The van der Waals surface area contributed by atoms with E-state index in [1.165, 1.54) is 6.07 Å². The number of carbonyl (C=O) groups is 2. The first-order valence-corrected chi connectivity index (χ1v) is 6.63. The lowest BCUT2D eigenvalue weighted by Crippen LogP contribution is -2.41. The first-order valence-electron chi connectivity index (χ1n) is 6.25. The molecule has 0 bridgehead atoms. The highest BCUT2D eigenvalue weighted by Gasteiger charge is 2.17. The number of nitrogens with one attached hydrogen (secondary N) is 2. The summed E-state index contributed by atoms with van der Waals surface area (Å²) < 4.78 is 0. The molecule has 110 valence electrons. The van der Waals surface area contributed by atoms with Crippen LogP contribution in [0.4, 0.5) is 0 Å². The van der Waals surface area contributed by atoms with Gasteiger partial charge in [-0.05, 0) is 18.2 Å². The summed E-state index contributed by atoms with van der Waals surface area (Å²) in [5, 5.41) is 14.7. The minimum atomic E-state index is -0.382. The van der Waals surface area contributed by atoms with Crippen molar-refractivity contribution < 1.29 is 14.7 Å². The van der Waals surface area contributed by atoms with Crippen molar-refractivity contribution in [3.63, 3.8) is 0 Å². The number of carbonyl (C=O) groups excluding carboxylic acids is 2. The van der Waals surface area contributed by atoms with E-state index in [-0.39, 0.29) is 30.4 Å². The normalized spacial score (nSPS) is 11.0. The molecular formula is C14H19ClN2O3. The van der Waals surface area contributed by atoms with Gasteiger partial charge in [0.2, 0.25) is 5.91 Å². The lowest BCUT2D eigenvalue weighted by atomic mass is 9.95. The van der Waals surface area contributed by atoms with Crippen LogP contribution in [0.1, 0.15) is 24.2 Å². The van der Waals surface area contributed by atoms with Crippen molar-refractivity contribution in [2.24, 2.45) is 5.41 Å². The van der Waals surface area contributed by atoms with E-state index in [9.17, 15) is 9.59 Å². The zero-order chi connectivity index (χ0) is 15.2. The van der Waals surface area contributed by atoms with Gasteiger partial charge in [-0.15, -0.1) is 0 Å². The second kappa shape index (κ2) is 7.26. The van der Waals surface area contributed by atoms with Gasteiger partial charge < -0.3 is 15.7 Å². The molecule has 1 aromatic carbocycles. The number of aliphatic hydroxyl groups is 1. The third-order valence-electron chi connectivity index (χ3n) is 2.69. The molecule has 5 nitrogen and oxygen atoms in total. The standard InChI is InChI=1S/C14H19ClN2O3/c1-14(2,9-18)8-17-12(19)7-16-13(20)10-4-3-5-11(15)6-10/h3-6,18H,7-9H2,1-2H3,(H,16,20)(H,17,19). The van der Waals surface area contributed by atoms with Crippen LogP contribution in [0.3, 0.4) is 0 Å². The molecule has 0 unspecified atom stereocenters. The van der Waals surface area contributed by atoms with E-state index in [2.05, 4.69) is 10.6 Å². The van der Waals surface area contributed by atoms with Gasteiger partial charge in [0.05, 0.1) is 6.54 Å². The minimum Gasteiger partial charge on any atom is -0.396 e. The third-order valence-corrected chi connectivity index (χ3v) is 2.92. The molecular weight excluding hydrogens is 280 g/mol. The van der Waals surface area contributed by atoms with Crippen LogP contribution in [0.2, 0.25) is 5.02 Å². The van der Waals surface area contributed by atoms with Crippen molar-refractivity contribution in [2.75, 3.05) is 19.7 Å². The van der Waals surface area contributed by atoms with Crippen LogP contribution < -0.4 is 10.6 Å². The minimum absolute atomic E-state index is 0.0256. The van der Waals surface area contributed by atoms with Gasteiger partial charge in [-0.1, -0.05) is 31.5 Å². The summed E-state index contributed by atoms with van der Waals surface area (Å²) in [6.07, 6.45) is 0. The molecule has 0 saturated carbocycles. The van der Waals surface area contributed by atoms with Crippen LogP contribution >= 0.6 is 11.6 Å². The molecule has 0 aliphatic rings. The SMILES string of the molecule is CC(C)(CO)CNC(=O)CNC(=O)c1cccc(Cl)c1. The smallest absolute Gasteiger partial charge is 0.251 e. The van der Waals surface area contributed by atoms with Gasteiger partial charge in [0, 0.05) is 29.2 Å². The highest BCUT2D eigenvalue weighted by Crippen LogP contribution is 2.11. The number of hydrogen-bond donors (Lipinski definition) is 3. The Labute approximate surface area is 123 Å². The molecule has 0 atom stereocenters. The number of hydrogen-bond acceptors (Lipinski definition) is 3. The molecule has 0 fully saturated rings. The zero-order valence-corrected chi connectivity index (χ0v) is 12.3. The molecule has 0 heterocycles. The van der Waals surface area contributed by atoms with E-state index in [0.717, 1.165) is 0 Å². The Bertz CT molecular complexity index is 489. The second-order valence-electron chi connectivity index (χ2n) is 5.29. The van der Waals surface area contributed by atoms with Crippen molar-refractivity contribution >= 4 is 23.4 Å². The lowest BCUT2D eigenvalue weighted by Gasteiger charge is -2.21. The van der Waals surface area contributed by atoms with Crippen LogP contribution in [0.5, 0.6) is 0 Å². The van der Waals surface area contributed by atoms with Gasteiger partial charge in [0.15, 0.2) is 0 Å². The van der Waals surface area contributed by atoms with E-state index in [0.29, 0.717) is 17.1 Å². The highest BCUT2D eigenvalue weighted by molar-refractivity contribution is 6.30. The molecule has 1 rings (SSSR count). The average molecular weight is 299 g/mol. The van der Waals surface area contributed by atoms with E-state index >= 15 is 0 Å². The number of halogens is 1. The molecule has 0 radical (unpaired) electrons. The first-order chi connectivity index (χ1) is 9.34. The topological polar surface area (TPSA) is 78.4 Å². The summed E-state index contributed by atoms with van der Waals surface area (Å²) in [5.41, 5.74) is 0.0214. The van der Waals surface area contributed by atoms with E-state index < -0.39 is 0 Å². The van der Waals surface area contributed by atoms with Crippen molar-refractivity contribution in [1.29, 1.82) is 0 Å². The summed E-state index contributed by atoms with van der Waals surface area (Å²) in [7, 11) is 0. The Balaban J connectivity index is 2.40. The maximum atomic E-state index is 11.8. The zero-order valence-electron chi connectivity index (χ0n) is 11.6. The summed E-state index contributed by atoms with van der Waals surface area (Å²) in [6.45, 7) is 3.86. The summed E-state index contributed by atoms with van der Waals surface area (Å²) in [6, 6.07) is 6.49. The van der Waals surface area contributed by atoms with E-state index in [1.54, 1.807) is 18.2 Å². The predicted molar refractivity (Wildman–Crippen MR) is 77.7 cm³/mol. The Kier molecular flexibility index (Phi) is 5.98. The third kappa shape index (κ3) is 5.59. The van der Waals surface area contributed by atoms with Gasteiger partial charge in [0.1, 0.15) is 0 Å². The summed E-state index contributed by atoms with van der Waals surface area (Å²) in [4.78, 5) is 23.3. The Morgan fingerprint density at radius 3 is 2.60 bits per heavy atom. The fourth-order valence-electron chi connectivity index (χ4n) is 1.35. The average Bonchev–Trinajstić information content (AvgIpc) is 2.42. The number of rotatable bonds is 6. The van der Waals surface area contributed by atoms with Crippen LogP contribution in [0.15, 0.2) is 24.3 Å². The van der Waals surface area contributed by atoms with Crippen LogP contribution in [0, 0.1) is 5.41 Å². The molecule has 0 spiro atoms. The predicted octanol–water partition coefficient (Wildman–Crippen LogP) is 1.20. The summed E-state index contributed by atoms with van der Waals surface area (Å²) in [5.74, 6) is -0.661. The van der Waals surface area contributed by atoms with Gasteiger partial charge in [-0.25, -0.2) is 0 Å². The number of aliphatic hydroxyl groups excluding tert-OH is 1. The second-order valence-corrected chi connectivity index (χ2v) is 5.73. The molecule has 2 amide bonds. The molecule has 1 aromatic rings. The van der Waals surface area contributed by atoms with Crippen molar-refractivity contribution in [3.8, 4) is 0 Å². The molecule has 0 aliphatic carbocycles. The fourth-order valence-corrected chi connectivity index (χ4v) is 1.54. The van der Waals surface area contributed by atoms with E-state index in [1.807, 2.05) is 13.8 Å². The van der Waals surface area contributed by atoms with Gasteiger partial charge in [0.25, 0.3) is 5.91 Å². The largest absolute Gasteiger partial charge is 0.396 e. The van der Waals surface area contributed by atoms with Gasteiger partial charge >= 0.3 is 0 Å². The van der Waals surface area contributed by atoms with Crippen LogP contribution in [-0.4, -0.2) is 36.6 Å². The molecule has 6 heteroatoms. The Morgan fingerprint density at radius 2 is 2.00 bits per heavy atom. The number of amides is 2.